The van der Waals surface area contributed by atoms with Crippen LogP contribution >= 0.6 is 0 Å². The molecule has 2 aliphatic heterocycles. The Balaban J connectivity index is 1.43. The molecule has 37 heavy (non-hydrogen) atoms. The Hall–Kier alpha value is -3.88. The highest BCUT2D eigenvalue weighted by atomic mass is 16.7. The number of anilines is 1. The fourth-order valence-electron chi connectivity index (χ4n) is 4.96. The van der Waals surface area contributed by atoms with Crippen LogP contribution in [-0.4, -0.2) is 43.2 Å². The number of hydroxylamine groups is 2. The van der Waals surface area contributed by atoms with Gasteiger partial charge in [0.1, 0.15) is 12.4 Å². The summed E-state index contributed by atoms with van der Waals surface area (Å²) >= 11 is 0. The predicted octanol–water partition coefficient (Wildman–Crippen LogP) is 4.54. The van der Waals surface area contributed by atoms with E-state index in [1.54, 1.807) is 30.3 Å². The van der Waals surface area contributed by atoms with Crippen LogP contribution in [0.4, 0.5) is 5.69 Å². The van der Waals surface area contributed by atoms with Gasteiger partial charge in [0.2, 0.25) is 5.91 Å². The van der Waals surface area contributed by atoms with Crippen LogP contribution in [0.1, 0.15) is 31.0 Å². The molecule has 3 aromatic carbocycles. The molecule has 0 radical (unpaired) electrons. The van der Waals surface area contributed by atoms with Gasteiger partial charge in [0.15, 0.2) is 17.6 Å². The summed E-state index contributed by atoms with van der Waals surface area (Å²) in [6.07, 6.45) is -0.915. The van der Waals surface area contributed by atoms with Crippen molar-refractivity contribution < 1.29 is 28.6 Å². The topological polar surface area (TPSA) is 77.5 Å². The molecule has 8 heteroatoms. The van der Waals surface area contributed by atoms with E-state index >= 15 is 0 Å². The van der Waals surface area contributed by atoms with E-state index in [2.05, 4.69) is 0 Å². The minimum absolute atomic E-state index is 0.320. The van der Waals surface area contributed by atoms with Crippen LogP contribution in [0.2, 0.25) is 0 Å². The first-order chi connectivity index (χ1) is 18.0. The molecule has 8 nitrogen and oxygen atoms in total. The Morgan fingerprint density at radius 3 is 2.24 bits per heavy atom. The minimum Gasteiger partial charge on any atom is -0.492 e. The molecule has 2 fully saturated rings. The third-order valence-electron chi connectivity index (χ3n) is 6.56. The van der Waals surface area contributed by atoms with Gasteiger partial charge in [-0.1, -0.05) is 48.5 Å². The van der Waals surface area contributed by atoms with Gasteiger partial charge in [-0.3, -0.25) is 14.4 Å². The molecule has 192 valence electrons. The lowest BCUT2D eigenvalue weighted by atomic mass is 9.91. The Bertz CT molecular complexity index is 1280. The molecule has 0 aromatic heterocycles. The highest BCUT2D eigenvalue weighted by molar-refractivity contribution is 6.24. The maximum absolute atomic E-state index is 13.7. The van der Waals surface area contributed by atoms with Crippen LogP contribution in [0.5, 0.6) is 17.2 Å². The molecule has 2 heterocycles. The first-order valence-corrected chi connectivity index (χ1v) is 12.5. The smallest absolute Gasteiger partial charge is 0.266 e. The van der Waals surface area contributed by atoms with Crippen molar-refractivity contribution in [1.29, 1.82) is 0 Å². The van der Waals surface area contributed by atoms with Crippen molar-refractivity contribution in [2.24, 2.45) is 5.92 Å². The Kier molecular flexibility index (Phi) is 7.12. The molecule has 2 aliphatic rings. The van der Waals surface area contributed by atoms with Gasteiger partial charge in [-0.15, -0.1) is 0 Å². The number of rotatable bonds is 9. The van der Waals surface area contributed by atoms with Gasteiger partial charge in [-0.25, -0.2) is 4.90 Å². The summed E-state index contributed by atoms with van der Waals surface area (Å²) in [6.45, 7) is 5.03. The van der Waals surface area contributed by atoms with Gasteiger partial charge in [-0.05, 0) is 49.2 Å². The minimum atomic E-state index is -0.915. The number of hydrogen-bond acceptors (Lipinski definition) is 7. The first kappa shape index (κ1) is 24.8. The molecule has 0 N–H and O–H groups in total. The standard InChI is InChI=1S/C29H30N2O6/c1-4-34-22-14-10-9-13-21(22)31-28(32)25-26(30(3)37-27(25)29(31)33)20-15-16-23(24(17-20)35-5-2)36-18-19-11-7-6-8-12-19/h6-17,25-27H,4-5,18H2,1-3H3/t25-,26+,27-/m1/s1. The van der Waals surface area contributed by atoms with E-state index in [0.29, 0.717) is 42.8 Å². The summed E-state index contributed by atoms with van der Waals surface area (Å²) in [4.78, 5) is 34.2. The second-order valence-electron chi connectivity index (χ2n) is 8.87. The van der Waals surface area contributed by atoms with E-state index in [-0.39, 0.29) is 5.91 Å². The zero-order valence-electron chi connectivity index (χ0n) is 21.1. The number of fused-ring (bicyclic) bond motifs is 1. The molecule has 0 bridgehead atoms. The zero-order chi connectivity index (χ0) is 25.9. The average molecular weight is 503 g/mol. The van der Waals surface area contributed by atoms with Gasteiger partial charge in [0.05, 0.1) is 30.9 Å². The van der Waals surface area contributed by atoms with Crippen LogP contribution in [0.3, 0.4) is 0 Å². The number of ether oxygens (including phenoxy) is 3. The molecular formula is C29H30N2O6. The summed E-state index contributed by atoms with van der Waals surface area (Å²) in [5.41, 5.74) is 2.27. The lowest BCUT2D eigenvalue weighted by Gasteiger charge is -2.25. The summed E-state index contributed by atoms with van der Waals surface area (Å²) in [5, 5.41) is 1.59. The third-order valence-corrected chi connectivity index (χ3v) is 6.56. The SMILES string of the molecule is CCOc1cc([C@H]2[C@H]3C(=O)N(c4ccccc4OCC)C(=O)[C@@H]3ON2C)ccc1OCc1ccccc1. The number of carbonyl (C=O) groups excluding carboxylic acids is 2. The third kappa shape index (κ3) is 4.65. The second-order valence-corrected chi connectivity index (χ2v) is 8.87. The maximum Gasteiger partial charge on any atom is 0.266 e. The predicted molar refractivity (Wildman–Crippen MR) is 137 cm³/mol. The fraction of sp³-hybridized carbons (Fsp3) is 0.310. The average Bonchev–Trinajstić information content (AvgIpc) is 3.37. The zero-order valence-corrected chi connectivity index (χ0v) is 21.1. The Morgan fingerprint density at radius 1 is 0.784 bits per heavy atom. The van der Waals surface area contributed by atoms with Crippen LogP contribution in [-0.2, 0) is 21.0 Å². The summed E-state index contributed by atoms with van der Waals surface area (Å²) in [5.74, 6) is 0.229. The molecule has 5 rings (SSSR count). The van der Waals surface area contributed by atoms with E-state index < -0.39 is 24.0 Å². The summed E-state index contributed by atoms with van der Waals surface area (Å²) in [7, 11) is 1.74. The molecule has 0 unspecified atom stereocenters. The second kappa shape index (κ2) is 10.6. The van der Waals surface area contributed by atoms with Crippen molar-refractivity contribution in [3.8, 4) is 17.2 Å². The van der Waals surface area contributed by atoms with Gasteiger partial charge in [-0.2, -0.15) is 5.06 Å². The lowest BCUT2D eigenvalue weighted by Crippen LogP contribution is -2.36. The highest BCUT2D eigenvalue weighted by Crippen LogP contribution is 2.47. The van der Waals surface area contributed by atoms with Gasteiger partial charge in [0.25, 0.3) is 5.91 Å². The van der Waals surface area contributed by atoms with Crippen molar-refractivity contribution >= 4 is 17.5 Å². The monoisotopic (exact) mass is 502 g/mol. The quantitative estimate of drug-likeness (QED) is 0.398. The molecule has 2 amide bonds. The maximum atomic E-state index is 13.7. The van der Waals surface area contributed by atoms with E-state index in [1.807, 2.05) is 68.4 Å². The summed E-state index contributed by atoms with van der Waals surface area (Å²) < 4.78 is 17.6. The van der Waals surface area contributed by atoms with Crippen molar-refractivity contribution in [3.05, 3.63) is 83.9 Å². The molecule has 0 saturated carbocycles. The van der Waals surface area contributed by atoms with Crippen LogP contribution in [0.15, 0.2) is 72.8 Å². The van der Waals surface area contributed by atoms with Crippen molar-refractivity contribution in [1.82, 2.24) is 5.06 Å². The van der Waals surface area contributed by atoms with Gasteiger partial charge >= 0.3 is 0 Å². The van der Waals surface area contributed by atoms with Gasteiger partial charge in [0, 0.05) is 7.05 Å². The highest BCUT2D eigenvalue weighted by Gasteiger charge is 2.59. The molecule has 2 saturated heterocycles. The molecular weight excluding hydrogens is 472 g/mol. The van der Waals surface area contributed by atoms with Crippen molar-refractivity contribution in [3.63, 3.8) is 0 Å². The number of para-hydroxylation sites is 2. The van der Waals surface area contributed by atoms with Crippen molar-refractivity contribution in [2.45, 2.75) is 32.6 Å². The van der Waals surface area contributed by atoms with Crippen LogP contribution < -0.4 is 19.1 Å². The lowest BCUT2D eigenvalue weighted by molar-refractivity contribution is -0.160. The molecule has 3 atom stereocenters. The number of nitrogens with zero attached hydrogens (tertiary/aromatic N) is 2. The normalized spacial score (nSPS) is 21.3. The number of benzene rings is 3. The largest absolute Gasteiger partial charge is 0.492 e. The Labute approximate surface area is 216 Å². The molecule has 0 spiro atoms. The van der Waals surface area contributed by atoms with Crippen LogP contribution in [0.25, 0.3) is 0 Å². The van der Waals surface area contributed by atoms with E-state index in [1.165, 1.54) is 4.90 Å². The number of amides is 2. The molecule has 0 aliphatic carbocycles. The van der Waals surface area contributed by atoms with Crippen LogP contribution in [0, 0.1) is 5.92 Å². The first-order valence-electron chi connectivity index (χ1n) is 12.5. The molecule has 3 aromatic rings. The summed E-state index contributed by atoms with van der Waals surface area (Å²) in [6, 6.07) is 22.1. The number of imide groups is 1. The van der Waals surface area contributed by atoms with E-state index in [4.69, 9.17) is 19.0 Å². The Morgan fingerprint density at radius 2 is 1.49 bits per heavy atom. The fourth-order valence-corrected chi connectivity index (χ4v) is 4.96. The number of hydrogen-bond donors (Lipinski definition) is 0. The van der Waals surface area contributed by atoms with E-state index in [9.17, 15) is 9.59 Å². The van der Waals surface area contributed by atoms with Crippen molar-refractivity contribution in [2.75, 3.05) is 25.2 Å². The number of carbonyl (C=O) groups is 2. The van der Waals surface area contributed by atoms with Gasteiger partial charge < -0.3 is 14.2 Å². The van der Waals surface area contributed by atoms with E-state index in [0.717, 1.165) is 11.1 Å².